The number of halogens is 1. The maximum atomic E-state index is 13.5. The van der Waals surface area contributed by atoms with Crippen molar-refractivity contribution >= 4 is 17.9 Å². The molecule has 9 nitrogen and oxygen atoms in total. The largest absolute Gasteiger partial charge is 0.463 e. The highest BCUT2D eigenvalue weighted by atomic mass is 19.1. The van der Waals surface area contributed by atoms with Crippen molar-refractivity contribution in [1.29, 1.82) is 0 Å². The molecule has 0 aromatic heterocycles. The minimum atomic E-state index is -0.745. The van der Waals surface area contributed by atoms with Crippen LogP contribution in [0.5, 0.6) is 11.5 Å². The molecule has 0 spiro atoms. The van der Waals surface area contributed by atoms with E-state index >= 15 is 0 Å². The van der Waals surface area contributed by atoms with Crippen molar-refractivity contribution in [2.45, 2.75) is 19.9 Å². The Morgan fingerprint density at radius 1 is 0.907 bits per heavy atom. The Balaban J connectivity index is 1.41. The van der Waals surface area contributed by atoms with Crippen LogP contribution in [0.4, 0.5) is 9.18 Å². The number of hydrogen-bond acceptors (Lipinski definition) is 6. The van der Waals surface area contributed by atoms with Crippen LogP contribution in [-0.2, 0) is 9.53 Å². The third-order valence-electron chi connectivity index (χ3n) is 7.54. The first-order valence-electron chi connectivity index (χ1n) is 14.5. The molecule has 2 aliphatic rings. The molecule has 1 saturated heterocycles. The van der Waals surface area contributed by atoms with Gasteiger partial charge in [0.25, 0.3) is 5.91 Å². The molecule has 0 aliphatic carbocycles. The third-order valence-corrected chi connectivity index (χ3v) is 7.54. The zero-order valence-electron chi connectivity index (χ0n) is 24.3. The van der Waals surface area contributed by atoms with Gasteiger partial charge < -0.3 is 19.7 Å². The topological polar surface area (TPSA) is 91.4 Å². The number of nitrogens with one attached hydrogen (secondary N) is 1. The van der Waals surface area contributed by atoms with Gasteiger partial charge in [0.15, 0.2) is 0 Å². The van der Waals surface area contributed by atoms with Crippen LogP contribution >= 0.6 is 0 Å². The summed E-state index contributed by atoms with van der Waals surface area (Å²) in [5, 5.41) is 3.00. The van der Waals surface area contributed by atoms with Gasteiger partial charge in [-0.3, -0.25) is 14.6 Å². The van der Waals surface area contributed by atoms with Crippen molar-refractivity contribution in [2.24, 2.45) is 0 Å². The van der Waals surface area contributed by atoms with Crippen LogP contribution in [0.3, 0.4) is 0 Å². The van der Waals surface area contributed by atoms with Gasteiger partial charge in [0.1, 0.15) is 17.3 Å². The highest BCUT2D eigenvalue weighted by Crippen LogP contribution is 2.34. The van der Waals surface area contributed by atoms with E-state index in [-0.39, 0.29) is 18.5 Å². The number of rotatable bonds is 9. The molecule has 0 unspecified atom stereocenters. The van der Waals surface area contributed by atoms with Crippen molar-refractivity contribution < 1.29 is 28.2 Å². The molecule has 1 fully saturated rings. The maximum absolute atomic E-state index is 13.5. The van der Waals surface area contributed by atoms with Gasteiger partial charge in [-0.2, -0.15) is 0 Å². The summed E-state index contributed by atoms with van der Waals surface area (Å²) in [6, 6.07) is 21.2. The van der Waals surface area contributed by atoms with Crippen LogP contribution in [0.15, 0.2) is 90.1 Å². The number of esters is 1. The lowest BCUT2D eigenvalue weighted by atomic mass is 9.94. The smallest absolute Gasteiger partial charge is 0.338 e. The molecule has 0 saturated carbocycles. The van der Waals surface area contributed by atoms with E-state index < -0.39 is 17.8 Å². The van der Waals surface area contributed by atoms with E-state index in [2.05, 4.69) is 10.2 Å². The Morgan fingerprint density at radius 3 is 2.28 bits per heavy atom. The average molecular weight is 587 g/mol. The van der Waals surface area contributed by atoms with Gasteiger partial charge in [0, 0.05) is 50.5 Å². The summed E-state index contributed by atoms with van der Waals surface area (Å²) in [5.74, 6) is 0.195. The zero-order valence-corrected chi connectivity index (χ0v) is 24.3. The monoisotopic (exact) mass is 586 g/mol. The molecule has 224 valence electrons. The fourth-order valence-corrected chi connectivity index (χ4v) is 5.39. The lowest BCUT2D eigenvalue weighted by Crippen LogP contribution is -2.53. The lowest BCUT2D eigenvalue weighted by Gasteiger charge is -2.40. The van der Waals surface area contributed by atoms with Crippen LogP contribution in [0.25, 0.3) is 0 Å². The molecule has 5 rings (SSSR count). The molecule has 0 bridgehead atoms. The second kappa shape index (κ2) is 13.5. The number of piperazine rings is 1. The fourth-order valence-electron chi connectivity index (χ4n) is 5.39. The predicted octanol–water partition coefficient (Wildman–Crippen LogP) is 4.98. The second-order valence-corrected chi connectivity index (χ2v) is 10.3. The summed E-state index contributed by atoms with van der Waals surface area (Å²) in [7, 11) is 0. The van der Waals surface area contributed by atoms with E-state index in [1.54, 1.807) is 16.7 Å². The number of nitrogens with zero attached hydrogens (tertiary/aromatic N) is 3. The number of urea groups is 1. The van der Waals surface area contributed by atoms with Gasteiger partial charge in [-0.25, -0.2) is 14.0 Å². The van der Waals surface area contributed by atoms with Crippen LogP contribution in [0.1, 0.15) is 35.8 Å². The summed E-state index contributed by atoms with van der Waals surface area (Å²) in [6.07, 6.45) is 0. The number of ether oxygens (including phenoxy) is 2. The lowest BCUT2D eigenvalue weighted by molar-refractivity contribution is -0.139. The number of carbonyl (C=O) groups excluding carboxylic acids is 3. The quantitative estimate of drug-likeness (QED) is 0.356. The number of likely N-dealkylation sites (N-methyl/N-ethyl adjacent to an activating group) is 1. The highest BCUT2D eigenvalue weighted by molar-refractivity contribution is 5.95. The average Bonchev–Trinajstić information content (AvgIpc) is 3.02. The molecule has 1 N–H and O–H groups in total. The van der Waals surface area contributed by atoms with Crippen LogP contribution in [0.2, 0.25) is 0 Å². The summed E-state index contributed by atoms with van der Waals surface area (Å²) in [5.41, 5.74) is 2.06. The van der Waals surface area contributed by atoms with Gasteiger partial charge in [-0.15, -0.1) is 0 Å². The summed E-state index contributed by atoms with van der Waals surface area (Å²) in [6.45, 7) is 6.46. The van der Waals surface area contributed by atoms with Crippen LogP contribution in [0, 0.1) is 5.82 Å². The molecule has 3 amide bonds. The fraction of sp³-hybridized carbons (Fsp3) is 0.303. The van der Waals surface area contributed by atoms with E-state index in [9.17, 15) is 18.8 Å². The van der Waals surface area contributed by atoms with E-state index in [1.165, 1.54) is 24.3 Å². The molecule has 0 radical (unpaired) electrons. The standard InChI is InChI=1S/C33H35FN4O5/c1-3-38-28(22-36-17-19-37(20-18-36)31(39)23-13-15-25(34)16-14-23)29(32(40)42-4-2)30(35-33(38)41)24-9-8-12-27(21-24)43-26-10-6-5-7-11-26/h5-16,21,30H,3-4,17-20,22H2,1-2H3,(H,35,41)/t30-/m1/s1. The predicted molar refractivity (Wildman–Crippen MR) is 159 cm³/mol. The highest BCUT2D eigenvalue weighted by Gasteiger charge is 2.39. The minimum Gasteiger partial charge on any atom is -0.463 e. The van der Waals surface area contributed by atoms with Crippen molar-refractivity contribution in [3.63, 3.8) is 0 Å². The first kappa shape index (κ1) is 29.8. The van der Waals surface area contributed by atoms with Gasteiger partial charge in [0.2, 0.25) is 0 Å². The van der Waals surface area contributed by atoms with Crippen LogP contribution < -0.4 is 10.1 Å². The van der Waals surface area contributed by atoms with Gasteiger partial charge in [-0.1, -0.05) is 30.3 Å². The molecule has 10 heteroatoms. The molecule has 3 aromatic rings. The minimum absolute atomic E-state index is 0.157. The Hall–Kier alpha value is -4.70. The molecular weight excluding hydrogens is 551 g/mol. The van der Waals surface area contributed by atoms with Crippen molar-refractivity contribution in [2.75, 3.05) is 45.9 Å². The first-order valence-corrected chi connectivity index (χ1v) is 14.5. The third kappa shape index (κ3) is 6.86. The first-order chi connectivity index (χ1) is 20.9. The Kier molecular flexibility index (Phi) is 9.36. The maximum Gasteiger partial charge on any atom is 0.338 e. The van der Waals surface area contributed by atoms with Crippen LogP contribution in [-0.4, -0.2) is 78.5 Å². The Labute approximate surface area is 250 Å². The van der Waals surface area contributed by atoms with E-state index in [1.807, 2.05) is 61.5 Å². The summed E-state index contributed by atoms with van der Waals surface area (Å²) in [4.78, 5) is 45.3. The molecule has 1 atom stereocenters. The number of benzene rings is 3. The Morgan fingerprint density at radius 2 is 1.60 bits per heavy atom. The van der Waals surface area contributed by atoms with Crippen molar-refractivity contribution in [3.05, 3.63) is 107 Å². The Bertz CT molecular complexity index is 1490. The van der Waals surface area contributed by atoms with Gasteiger partial charge >= 0.3 is 12.0 Å². The molecule has 2 heterocycles. The molecular formula is C33H35FN4O5. The number of para-hydroxylation sites is 1. The molecule has 2 aliphatic heterocycles. The van der Waals surface area contributed by atoms with Crippen molar-refractivity contribution in [3.8, 4) is 11.5 Å². The number of carbonyl (C=O) groups is 3. The van der Waals surface area contributed by atoms with Crippen molar-refractivity contribution in [1.82, 2.24) is 20.0 Å². The zero-order chi connectivity index (χ0) is 30.3. The number of hydrogen-bond donors (Lipinski definition) is 1. The van der Waals surface area contributed by atoms with E-state index in [0.717, 1.165) is 0 Å². The van der Waals surface area contributed by atoms with E-state index in [4.69, 9.17) is 9.47 Å². The second-order valence-electron chi connectivity index (χ2n) is 10.3. The normalized spacial score (nSPS) is 17.5. The van der Waals surface area contributed by atoms with Gasteiger partial charge in [0.05, 0.1) is 18.2 Å². The molecule has 43 heavy (non-hydrogen) atoms. The summed E-state index contributed by atoms with van der Waals surface area (Å²) >= 11 is 0. The molecule has 3 aromatic carbocycles. The SMILES string of the molecule is CCOC(=O)C1=C(CN2CCN(C(=O)c3ccc(F)cc3)CC2)N(CC)C(=O)N[C@@H]1c1cccc(Oc2ccccc2)c1. The summed E-state index contributed by atoms with van der Waals surface area (Å²) < 4.78 is 24.9. The van der Waals surface area contributed by atoms with Gasteiger partial charge in [-0.05, 0) is 67.9 Å². The van der Waals surface area contributed by atoms with E-state index in [0.29, 0.717) is 73.2 Å². The number of amides is 3.